The normalized spacial score (nSPS) is 37.1. The molecule has 90 valence electrons. The van der Waals surface area contributed by atoms with Crippen molar-refractivity contribution in [3.8, 4) is 0 Å². The Kier molecular flexibility index (Phi) is 3.79. The van der Waals surface area contributed by atoms with Crippen LogP contribution in [0, 0.1) is 11.8 Å². The highest BCUT2D eigenvalue weighted by atomic mass is 32.2. The molecule has 0 spiro atoms. The van der Waals surface area contributed by atoms with Crippen LogP contribution in [0.2, 0.25) is 0 Å². The molecule has 1 rings (SSSR count). The highest BCUT2D eigenvalue weighted by Crippen LogP contribution is 2.44. The van der Waals surface area contributed by atoms with E-state index in [4.69, 9.17) is 10.5 Å². The van der Waals surface area contributed by atoms with Crippen LogP contribution in [0.4, 0.5) is 0 Å². The summed E-state index contributed by atoms with van der Waals surface area (Å²) in [7, 11) is -1.45. The van der Waals surface area contributed by atoms with Gasteiger partial charge < -0.3 is 10.5 Å². The third-order valence-corrected chi connectivity index (χ3v) is 5.92. The standard InChI is InChI=1S/C10H21NO3S/c1-8-4-9(6-14-2)5-10(8,7-11)15(3,12)13/h8-9H,4-7,11H2,1-3H3/t8-,9+,10+/m0/s1. The summed E-state index contributed by atoms with van der Waals surface area (Å²) >= 11 is 0. The smallest absolute Gasteiger partial charge is 0.154 e. The largest absolute Gasteiger partial charge is 0.384 e. The summed E-state index contributed by atoms with van der Waals surface area (Å²) < 4.78 is 28.0. The Morgan fingerprint density at radius 3 is 2.47 bits per heavy atom. The van der Waals surface area contributed by atoms with Crippen molar-refractivity contribution in [1.82, 2.24) is 0 Å². The maximum Gasteiger partial charge on any atom is 0.154 e. The molecule has 4 nitrogen and oxygen atoms in total. The summed E-state index contributed by atoms with van der Waals surface area (Å²) in [4.78, 5) is 0. The van der Waals surface area contributed by atoms with Crippen molar-refractivity contribution in [2.45, 2.75) is 24.5 Å². The van der Waals surface area contributed by atoms with E-state index in [0.717, 1.165) is 6.42 Å². The van der Waals surface area contributed by atoms with Gasteiger partial charge in [0.2, 0.25) is 0 Å². The van der Waals surface area contributed by atoms with E-state index < -0.39 is 14.6 Å². The van der Waals surface area contributed by atoms with Crippen molar-refractivity contribution in [2.75, 3.05) is 26.5 Å². The molecule has 0 bridgehead atoms. The molecule has 5 heteroatoms. The molecule has 0 aromatic rings. The van der Waals surface area contributed by atoms with Crippen LogP contribution in [-0.2, 0) is 14.6 Å². The number of rotatable bonds is 4. The van der Waals surface area contributed by atoms with Crippen molar-refractivity contribution >= 4 is 9.84 Å². The second kappa shape index (κ2) is 4.39. The van der Waals surface area contributed by atoms with Gasteiger partial charge in [0, 0.05) is 26.5 Å². The second-order valence-corrected chi connectivity index (χ2v) is 7.06. The summed E-state index contributed by atoms with van der Waals surface area (Å²) in [5.74, 6) is 0.445. The lowest BCUT2D eigenvalue weighted by Gasteiger charge is -2.30. The van der Waals surface area contributed by atoms with Gasteiger partial charge in [0.1, 0.15) is 0 Å². The Morgan fingerprint density at radius 1 is 1.53 bits per heavy atom. The first-order valence-corrected chi connectivity index (χ1v) is 7.15. The van der Waals surface area contributed by atoms with Crippen LogP contribution in [0.3, 0.4) is 0 Å². The molecule has 0 unspecified atom stereocenters. The Bertz CT molecular complexity index is 315. The molecule has 0 aromatic carbocycles. The van der Waals surface area contributed by atoms with Gasteiger partial charge in [0.05, 0.1) is 4.75 Å². The van der Waals surface area contributed by atoms with Gasteiger partial charge in [-0.25, -0.2) is 8.42 Å². The highest BCUT2D eigenvalue weighted by molar-refractivity contribution is 7.92. The predicted molar refractivity (Wildman–Crippen MR) is 60.4 cm³/mol. The van der Waals surface area contributed by atoms with E-state index in [9.17, 15) is 8.42 Å². The van der Waals surface area contributed by atoms with E-state index in [1.807, 2.05) is 6.92 Å². The van der Waals surface area contributed by atoms with Crippen LogP contribution in [0.5, 0.6) is 0 Å². The predicted octanol–water partition coefficient (Wildman–Crippen LogP) is 0.421. The third-order valence-electron chi connectivity index (χ3n) is 3.71. The van der Waals surface area contributed by atoms with Crippen LogP contribution in [0.25, 0.3) is 0 Å². The van der Waals surface area contributed by atoms with E-state index in [0.29, 0.717) is 18.9 Å². The molecule has 0 radical (unpaired) electrons. The number of hydrogen-bond donors (Lipinski definition) is 1. The fourth-order valence-corrected chi connectivity index (χ4v) is 4.47. The van der Waals surface area contributed by atoms with Crippen LogP contribution in [0.15, 0.2) is 0 Å². The zero-order valence-corrected chi connectivity index (χ0v) is 10.5. The second-order valence-electron chi connectivity index (χ2n) is 4.70. The monoisotopic (exact) mass is 235 g/mol. The van der Waals surface area contributed by atoms with E-state index in [2.05, 4.69) is 0 Å². The van der Waals surface area contributed by atoms with Crippen LogP contribution >= 0.6 is 0 Å². The molecular weight excluding hydrogens is 214 g/mol. The topological polar surface area (TPSA) is 69.4 Å². The zero-order chi connectivity index (χ0) is 11.7. The molecule has 1 aliphatic carbocycles. The van der Waals surface area contributed by atoms with Crippen molar-refractivity contribution in [2.24, 2.45) is 17.6 Å². The molecule has 15 heavy (non-hydrogen) atoms. The van der Waals surface area contributed by atoms with Gasteiger partial charge in [-0.15, -0.1) is 0 Å². The molecule has 0 aliphatic heterocycles. The molecule has 2 N–H and O–H groups in total. The molecule has 1 fully saturated rings. The maximum absolute atomic E-state index is 11.8. The average molecular weight is 235 g/mol. The molecule has 0 aromatic heterocycles. The van der Waals surface area contributed by atoms with E-state index in [1.165, 1.54) is 6.26 Å². The fraction of sp³-hybridized carbons (Fsp3) is 1.00. The van der Waals surface area contributed by atoms with E-state index in [1.54, 1.807) is 7.11 Å². The highest BCUT2D eigenvalue weighted by Gasteiger charge is 2.51. The molecule has 0 saturated heterocycles. The number of nitrogens with two attached hydrogens (primary N) is 1. The quantitative estimate of drug-likeness (QED) is 0.767. The summed E-state index contributed by atoms with van der Waals surface area (Å²) in [5, 5.41) is 0. The van der Waals surface area contributed by atoms with Gasteiger partial charge in [-0.05, 0) is 24.7 Å². The van der Waals surface area contributed by atoms with Gasteiger partial charge in [-0.3, -0.25) is 0 Å². The Hall–Kier alpha value is -0.130. The maximum atomic E-state index is 11.8. The summed E-state index contributed by atoms with van der Waals surface area (Å²) in [6.07, 6.45) is 2.82. The number of hydrogen-bond acceptors (Lipinski definition) is 4. The Morgan fingerprint density at radius 2 is 2.13 bits per heavy atom. The number of methoxy groups -OCH3 is 1. The SMILES string of the molecule is COC[C@@H]1C[C@H](C)[C@@](CN)(S(C)(=O)=O)C1. The van der Waals surface area contributed by atoms with Gasteiger partial charge in [0.15, 0.2) is 9.84 Å². The lowest BCUT2D eigenvalue weighted by molar-refractivity contribution is 0.152. The first-order chi connectivity index (χ1) is 6.87. The van der Waals surface area contributed by atoms with Gasteiger partial charge in [0.25, 0.3) is 0 Å². The van der Waals surface area contributed by atoms with Crippen molar-refractivity contribution in [1.29, 1.82) is 0 Å². The molecule has 3 atom stereocenters. The molecule has 0 heterocycles. The fourth-order valence-electron chi connectivity index (χ4n) is 2.80. The van der Waals surface area contributed by atoms with E-state index >= 15 is 0 Å². The minimum absolute atomic E-state index is 0.123. The molecule has 0 amide bonds. The zero-order valence-electron chi connectivity index (χ0n) is 9.69. The minimum atomic E-state index is -3.10. The van der Waals surface area contributed by atoms with E-state index in [-0.39, 0.29) is 12.5 Å². The van der Waals surface area contributed by atoms with Gasteiger partial charge in [-0.2, -0.15) is 0 Å². The van der Waals surface area contributed by atoms with Crippen molar-refractivity contribution in [3.05, 3.63) is 0 Å². The average Bonchev–Trinajstić information content (AvgIpc) is 2.43. The Balaban J connectivity index is 2.93. The lowest BCUT2D eigenvalue weighted by Crippen LogP contribution is -2.47. The lowest BCUT2D eigenvalue weighted by atomic mass is 9.97. The van der Waals surface area contributed by atoms with Gasteiger partial charge in [-0.1, -0.05) is 6.92 Å². The van der Waals surface area contributed by atoms with Crippen LogP contribution in [0.1, 0.15) is 19.8 Å². The van der Waals surface area contributed by atoms with Crippen molar-refractivity contribution in [3.63, 3.8) is 0 Å². The first-order valence-electron chi connectivity index (χ1n) is 5.26. The number of ether oxygens (including phenoxy) is 1. The number of sulfone groups is 1. The molecule has 1 aliphatic rings. The van der Waals surface area contributed by atoms with Crippen LogP contribution in [-0.4, -0.2) is 39.7 Å². The summed E-state index contributed by atoms with van der Waals surface area (Å²) in [5.41, 5.74) is 5.68. The van der Waals surface area contributed by atoms with Gasteiger partial charge >= 0.3 is 0 Å². The van der Waals surface area contributed by atoms with Crippen molar-refractivity contribution < 1.29 is 13.2 Å². The minimum Gasteiger partial charge on any atom is -0.384 e. The molecular formula is C10H21NO3S. The first kappa shape index (κ1) is 12.9. The van der Waals surface area contributed by atoms with Crippen LogP contribution < -0.4 is 5.73 Å². The Labute approximate surface area is 92.1 Å². The molecule has 1 saturated carbocycles. The summed E-state index contributed by atoms with van der Waals surface area (Å²) in [6, 6.07) is 0. The third kappa shape index (κ3) is 2.19. The summed E-state index contributed by atoms with van der Waals surface area (Å²) in [6.45, 7) is 2.82.